The number of nitrogens with zero attached hydrogens (tertiary/aromatic N) is 4. The van der Waals surface area contributed by atoms with Gasteiger partial charge in [-0.15, -0.1) is 10.2 Å². The fourth-order valence-corrected chi connectivity index (χ4v) is 5.86. The van der Waals surface area contributed by atoms with Crippen molar-refractivity contribution in [2.24, 2.45) is 0 Å². The van der Waals surface area contributed by atoms with Crippen molar-refractivity contribution in [3.8, 4) is 0 Å². The van der Waals surface area contributed by atoms with Crippen molar-refractivity contribution in [1.29, 1.82) is 0 Å². The Bertz CT molecular complexity index is 1180. The molecule has 0 aliphatic carbocycles. The number of carbonyl (C=O) groups is 1. The molecular formula is C19H20ClN5O3S3. The van der Waals surface area contributed by atoms with Crippen LogP contribution in [0.4, 0.5) is 5.13 Å². The molecule has 3 aromatic rings. The van der Waals surface area contributed by atoms with Gasteiger partial charge in [-0.1, -0.05) is 72.3 Å². The number of halogens is 1. The summed E-state index contributed by atoms with van der Waals surface area (Å²) < 4.78 is 26.3. The van der Waals surface area contributed by atoms with Crippen LogP contribution in [0.1, 0.15) is 41.4 Å². The number of hydrogen-bond acceptors (Lipinski definition) is 9. The van der Waals surface area contributed by atoms with Gasteiger partial charge in [-0.25, -0.2) is 18.4 Å². The number of benzene rings is 1. The molecule has 1 aromatic carbocycles. The number of amides is 1. The van der Waals surface area contributed by atoms with Crippen LogP contribution in [-0.2, 0) is 15.6 Å². The van der Waals surface area contributed by atoms with Crippen LogP contribution in [-0.4, -0.2) is 40.2 Å². The number of unbranched alkanes of at least 4 members (excludes halogenated alkanes) is 1. The molecule has 3 rings (SSSR count). The summed E-state index contributed by atoms with van der Waals surface area (Å²) in [6, 6.07) is 7.13. The summed E-state index contributed by atoms with van der Waals surface area (Å²) in [4.78, 5) is 20.4. The Balaban J connectivity index is 1.77. The molecule has 8 nitrogen and oxygen atoms in total. The van der Waals surface area contributed by atoms with E-state index >= 15 is 0 Å². The van der Waals surface area contributed by atoms with Gasteiger partial charge in [-0.2, -0.15) is 0 Å². The fraction of sp³-hybridized carbons (Fsp3) is 0.316. The topological polar surface area (TPSA) is 115 Å². The van der Waals surface area contributed by atoms with Gasteiger partial charge >= 0.3 is 0 Å². The summed E-state index contributed by atoms with van der Waals surface area (Å²) in [7, 11) is -3.88. The maximum absolute atomic E-state index is 12.8. The maximum atomic E-state index is 12.8. The first kappa shape index (κ1) is 23.6. The van der Waals surface area contributed by atoms with Gasteiger partial charge in [0.1, 0.15) is 0 Å². The summed E-state index contributed by atoms with van der Waals surface area (Å²) in [5, 5.41) is 10.3. The van der Waals surface area contributed by atoms with E-state index in [0.717, 1.165) is 34.7 Å². The van der Waals surface area contributed by atoms with E-state index in [1.807, 2.05) is 19.1 Å². The number of aryl methyl sites for hydroxylation is 1. The highest BCUT2D eigenvalue weighted by atomic mass is 35.5. The molecule has 0 saturated heterocycles. The molecule has 0 unspecified atom stereocenters. The zero-order chi connectivity index (χ0) is 22.4. The minimum Gasteiger partial charge on any atom is -0.295 e. The fourth-order valence-electron chi connectivity index (χ4n) is 2.48. The lowest BCUT2D eigenvalue weighted by Crippen LogP contribution is -2.18. The van der Waals surface area contributed by atoms with Gasteiger partial charge < -0.3 is 0 Å². The third kappa shape index (κ3) is 6.22. The van der Waals surface area contributed by atoms with Crippen LogP contribution < -0.4 is 5.32 Å². The monoisotopic (exact) mass is 497 g/mol. The van der Waals surface area contributed by atoms with Crippen molar-refractivity contribution in [3.05, 3.63) is 52.3 Å². The van der Waals surface area contributed by atoms with E-state index < -0.39 is 20.9 Å². The average molecular weight is 498 g/mol. The predicted molar refractivity (Wildman–Crippen MR) is 123 cm³/mol. The first-order valence-electron chi connectivity index (χ1n) is 9.37. The minimum absolute atomic E-state index is 0.0607. The number of thioether (sulfide) groups is 1. The van der Waals surface area contributed by atoms with Gasteiger partial charge in [0.2, 0.25) is 20.1 Å². The quantitative estimate of drug-likeness (QED) is 0.200. The first-order valence-corrected chi connectivity index (χ1v) is 13.2. The third-order valence-electron chi connectivity index (χ3n) is 4.17. The molecule has 0 atom stereocenters. The molecule has 1 N–H and O–H groups in total. The molecule has 12 heteroatoms. The van der Waals surface area contributed by atoms with Crippen LogP contribution in [0.5, 0.6) is 0 Å². The van der Waals surface area contributed by atoms with Gasteiger partial charge in [-0.05, 0) is 24.5 Å². The van der Waals surface area contributed by atoms with Crippen molar-refractivity contribution < 1.29 is 13.2 Å². The van der Waals surface area contributed by atoms with Crippen molar-refractivity contribution >= 4 is 55.6 Å². The van der Waals surface area contributed by atoms with E-state index in [0.29, 0.717) is 5.56 Å². The lowest BCUT2D eigenvalue weighted by molar-refractivity contribution is 0.102. The second-order valence-electron chi connectivity index (χ2n) is 6.56. The number of sulfone groups is 1. The summed E-state index contributed by atoms with van der Waals surface area (Å²) >= 11 is 8.86. The Morgan fingerprint density at radius 1 is 1.26 bits per heavy atom. The number of aromatic nitrogens is 4. The second kappa shape index (κ2) is 10.5. The number of hydrogen-bond donors (Lipinski definition) is 1. The summed E-state index contributed by atoms with van der Waals surface area (Å²) in [5.41, 5.74) is 1.23. The molecule has 2 heterocycles. The van der Waals surface area contributed by atoms with Gasteiger partial charge in [-0.3, -0.25) is 10.1 Å². The van der Waals surface area contributed by atoms with E-state index in [2.05, 4.69) is 32.4 Å². The lowest BCUT2D eigenvalue weighted by Gasteiger charge is -2.08. The van der Waals surface area contributed by atoms with Crippen LogP contribution >= 0.6 is 34.7 Å². The molecule has 0 saturated carbocycles. The first-order chi connectivity index (χ1) is 14.8. The maximum Gasteiger partial charge on any atom is 0.277 e. The van der Waals surface area contributed by atoms with E-state index in [1.54, 1.807) is 23.9 Å². The van der Waals surface area contributed by atoms with Gasteiger partial charge in [0, 0.05) is 5.75 Å². The molecule has 1 amide bonds. The normalized spacial score (nSPS) is 11.5. The van der Waals surface area contributed by atoms with Gasteiger partial charge in [0.05, 0.1) is 17.0 Å². The summed E-state index contributed by atoms with van der Waals surface area (Å²) in [6.07, 6.45) is 3.25. The molecule has 0 spiro atoms. The molecular weight excluding hydrogens is 478 g/mol. The Hall–Kier alpha value is -2.08. The van der Waals surface area contributed by atoms with E-state index in [4.69, 9.17) is 11.6 Å². The standard InChI is InChI=1S/C19H20ClN5O3S3/c1-3-4-9-29-19-25-24-17(30-19)23-16(26)15-14(20)10-21-18(22-15)31(27,28)11-13-8-6-5-7-12(13)2/h5-8,10H,3-4,9,11H2,1-2H3,(H,23,24,26). The number of nitrogens with one attached hydrogen (secondary N) is 1. The zero-order valence-corrected chi connectivity index (χ0v) is 20.0. The van der Waals surface area contributed by atoms with E-state index in [1.165, 1.54) is 11.3 Å². The Morgan fingerprint density at radius 2 is 2.03 bits per heavy atom. The van der Waals surface area contributed by atoms with E-state index in [9.17, 15) is 13.2 Å². The Labute approximate surface area is 193 Å². The van der Waals surface area contributed by atoms with E-state index in [-0.39, 0.29) is 21.6 Å². The van der Waals surface area contributed by atoms with Crippen LogP contribution in [0.3, 0.4) is 0 Å². The molecule has 0 fully saturated rings. The summed E-state index contributed by atoms with van der Waals surface area (Å²) in [5.74, 6) is -0.0447. The smallest absolute Gasteiger partial charge is 0.277 e. The van der Waals surface area contributed by atoms with Crippen LogP contribution in [0.2, 0.25) is 5.02 Å². The van der Waals surface area contributed by atoms with Crippen molar-refractivity contribution in [2.45, 2.75) is 41.9 Å². The molecule has 0 radical (unpaired) electrons. The molecule has 0 aliphatic heterocycles. The third-order valence-corrected chi connectivity index (χ3v) is 7.95. The van der Waals surface area contributed by atoms with Crippen molar-refractivity contribution in [3.63, 3.8) is 0 Å². The molecule has 0 aliphatic rings. The number of rotatable bonds is 9. The van der Waals surface area contributed by atoms with Crippen LogP contribution in [0.15, 0.2) is 40.0 Å². The van der Waals surface area contributed by atoms with Gasteiger partial charge in [0.25, 0.3) is 5.91 Å². The van der Waals surface area contributed by atoms with Gasteiger partial charge in [0.15, 0.2) is 10.0 Å². The van der Waals surface area contributed by atoms with Crippen LogP contribution in [0, 0.1) is 6.92 Å². The van der Waals surface area contributed by atoms with Crippen LogP contribution in [0.25, 0.3) is 0 Å². The molecule has 164 valence electrons. The Morgan fingerprint density at radius 3 is 2.77 bits per heavy atom. The Kier molecular flexibility index (Phi) is 7.98. The lowest BCUT2D eigenvalue weighted by atomic mass is 10.1. The zero-order valence-electron chi connectivity index (χ0n) is 16.8. The summed E-state index contributed by atoms with van der Waals surface area (Å²) in [6.45, 7) is 3.93. The highest BCUT2D eigenvalue weighted by Gasteiger charge is 2.24. The SMILES string of the molecule is CCCCSc1nnc(NC(=O)c2nc(S(=O)(=O)Cc3ccccc3C)ncc2Cl)s1. The predicted octanol–water partition coefficient (Wildman–Crippen LogP) is 4.41. The molecule has 0 bridgehead atoms. The largest absolute Gasteiger partial charge is 0.295 e. The van der Waals surface area contributed by atoms with Crippen molar-refractivity contribution in [2.75, 3.05) is 11.1 Å². The number of carbonyl (C=O) groups excluding carboxylic acids is 1. The highest BCUT2D eigenvalue weighted by molar-refractivity contribution is 8.01. The highest BCUT2D eigenvalue weighted by Crippen LogP contribution is 2.27. The average Bonchev–Trinajstić information content (AvgIpc) is 3.17. The minimum atomic E-state index is -3.88. The molecule has 31 heavy (non-hydrogen) atoms. The second-order valence-corrected chi connectivity index (χ2v) is 11.2. The molecule has 2 aromatic heterocycles. The number of anilines is 1. The van der Waals surface area contributed by atoms with Crippen molar-refractivity contribution in [1.82, 2.24) is 20.2 Å².